The predicted octanol–water partition coefficient (Wildman–Crippen LogP) is 4.50. The van der Waals surface area contributed by atoms with Crippen LogP contribution < -0.4 is 4.74 Å². The maximum Gasteiger partial charge on any atom is 0.131 e. The van der Waals surface area contributed by atoms with E-state index in [1.165, 1.54) is 25.3 Å². The molecule has 2 rings (SSSR count). The number of benzene rings is 2. The quantitative estimate of drug-likeness (QED) is 0.751. The molecule has 0 aliphatic heterocycles. The molecule has 0 amide bonds. The molecule has 0 radical (unpaired) electrons. The SMILES string of the molecule is COc1cccc(F)c1C(Cl)Cc1ccc(F)cc1. The van der Waals surface area contributed by atoms with E-state index in [0.29, 0.717) is 17.7 Å². The molecule has 100 valence electrons. The highest BCUT2D eigenvalue weighted by Crippen LogP contribution is 2.34. The summed E-state index contributed by atoms with van der Waals surface area (Å²) in [6, 6.07) is 10.6. The second-order valence-electron chi connectivity index (χ2n) is 4.15. The number of ether oxygens (including phenoxy) is 1. The molecule has 4 heteroatoms. The molecule has 19 heavy (non-hydrogen) atoms. The highest BCUT2D eigenvalue weighted by Gasteiger charge is 2.18. The molecule has 0 aliphatic carbocycles. The van der Waals surface area contributed by atoms with Gasteiger partial charge in [0.25, 0.3) is 0 Å². The number of halogens is 3. The smallest absolute Gasteiger partial charge is 0.131 e. The maximum absolute atomic E-state index is 13.8. The molecule has 0 heterocycles. The van der Waals surface area contributed by atoms with Gasteiger partial charge in [0, 0.05) is 5.56 Å². The molecular formula is C15H13ClF2O. The molecule has 1 atom stereocenters. The highest BCUT2D eigenvalue weighted by molar-refractivity contribution is 6.21. The van der Waals surface area contributed by atoms with E-state index in [2.05, 4.69) is 0 Å². The minimum Gasteiger partial charge on any atom is -0.496 e. The first kappa shape index (κ1) is 13.8. The largest absolute Gasteiger partial charge is 0.496 e. The lowest BCUT2D eigenvalue weighted by atomic mass is 10.0. The van der Waals surface area contributed by atoms with Gasteiger partial charge in [-0.1, -0.05) is 18.2 Å². The Labute approximate surface area is 115 Å². The van der Waals surface area contributed by atoms with Crippen LogP contribution in [-0.4, -0.2) is 7.11 Å². The summed E-state index contributed by atoms with van der Waals surface area (Å²) in [5.74, 6) is -0.290. The van der Waals surface area contributed by atoms with Gasteiger partial charge < -0.3 is 4.74 Å². The van der Waals surface area contributed by atoms with Crippen LogP contribution in [-0.2, 0) is 6.42 Å². The van der Waals surface area contributed by atoms with Crippen LogP contribution >= 0.6 is 11.6 Å². The summed E-state index contributed by atoms with van der Waals surface area (Å²) in [6.45, 7) is 0. The molecule has 0 bridgehead atoms. The first-order valence-corrected chi connectivity index (χ1v) is 6.26. The Morgan fingerprint density at radius 3 is 2.42 bits per heavy atom. The van der Waals surface area contributed by atoms with Gasteiger partial charge in [0.15, 0.2) is 0 Å². The van der Waals surface area contributed by atoms with Crippen LogP contribution in [0, 0.1) is 11.6 Å². The maximum atomic E-state index is 13.8. The Bertz CT molecular complexity index is 555. The van der Waals surface area contributed by atoms with Crippen molar-refractivity contribution in [3.63, 3.8) is 0 Å². The van der Waals surface area contributed by atoms with Gasteiger partial charge in [-0.05, 0) is 36.2 Å². The number of alkyl halides is 1. The topological polar surface area (TPSA) is 9.23 Å². The number of rotatable bonds is 4. The lowest BCUT2D eigenvalue weighted by Crippen LogP contribution is -2.02. The van der Waals surface area contributed by atoms with E-state index in [-0.39, 0.29) is 5.82 Å². The minimum absolute atomic E-state index is 0.307. The van der Waals surface area contributed by atoms with Gasteiger partial charge in [-0.25, -0.2) is 8.78 Å². The van der Waals surface area contributed by atoms with Crippen molar-refractivity contribution in [1.82, 2.24) is 0 Å². The van der Waals surface area contributed by atoms with E-state index in [4.69, 9.17) is 16.3 Å². The van der Waals surface area contributed by atoms with Crippen LogP contribution in [0.4, 0.5) is 8.78 Å². The summed E-state index contributed by atoms with van der Waals surface area (Å²) in [5.41, 5.74) is 1.17. The fraction of sp³-hybridized carbons (Fsp3) is 0.200. The Kier molecular flexibility index (Phi) is 4.38. The molecular weight excluding hydrogens is 270 g/mol. The third-order valence-electron chi connectivity index (χ3n) is 2.87. The summed E-state index contributed by atoms with van der Waals surface area (Å²) < 4.78 is 31.8. The van der Waals surface area contributed by atoms with E-state index in [1.807, 2.05) is 0 Å². The number of methoxy groups -OCH3 is 1. The Morgan fingerprint density at radius 2 is 1.79 bits per heavy atom. The van der Waals surface area contributed by atoms with Crippen molar-refractivity contribution in [3.05, 3.63) is 65.2 Å². The summed E-state index contributed by atoms with van der Waals surface area (Å²) in [7, 11) is 1.47. The summed E-state index contributed by atoms with van der Waals surface area (Å²) >= 11 is 6.26. The zero-order chi connectivity index (χ0) is 13.8. The Balaban J connectivity index is 2.24. The molecule has 0 saturated carbocycles. The van der Waals surface area contributed by atoms with Crippen molar-refractivity contribution in [3.8, 4) is 5.75 Å². The second-order valence-corrected chi connectivity index (χ2v) is 4.68. The van der Waals surface area contributed by atoms with E-state index in [0.717, 1.165) is 5.56 Å². The highest BCUT2D eigenvalue weighted by atomic mass is 35.5. The van der Waals surface area contributed by atoms with Gasteiger partial charge in [-0.3, -0.25) is 0 Å². The molecule has 0 spiro atoms. The first-order valence-electron chi connectivity index (χ1n) is 5.82. The fourth-order valence-corrected chi connectivity index (χ4v) is 2.32. The lowest BCUT2D eigenvalue weighted by Gasteiger charge is -2.15. The van der Waals surface area contributed by atoms with Crippen LogP contribution in [0.3, 0.4) is 0 Å². The number of hydrogen-bond donors (Lipinski definition) is 0. The van der Waals surface area contributed by atoms with Crippen molar-refractivity contribution in [1.29, 1.82) is 0 Å². The van der Waals surface area contributed by atoms with Crippen LogP contribution in [0.5, 0.6) is 5.75 Å². The molecule has 1 unspecified atom stereocenters. The van der Waals surface area contributed by atoms with E-state index < -0.39 is 11.2 Å². The van der Waals surface area contributed by atoms with Crippen molar-refractivity contribution >= 4 is 11.6 Å². The second kappa shape index (κ2) is 6.02. The standard InChI is InChI=1S/C15H13ClF2O/c1-19-14-4-2-3-13(18)15(14)12(16)9-10-5-7-11(17)8-6-10/h2-8,12H,9H2,1H3. The van der Waals surface area contributed by atoms with Crippen molar-refractivity contribution < 1.29 is 13.5 Å². The van der Waals surface area contributed by atoms with E-state index >= 15 is 0 Å². The van der Waals surface area contributed by atoms with E-state index in [9.17, 15) is 8.78 Å². The van der Waals surface area contributed by atoms with Crippen LogP contribution in [0.2, 0.25) is 0 Å². The van der Waals surface area contributed by atoms with Crippen molar-refractivity contribution in [2.24, 2.45) is 0 Å². The Morgan fingerprint density at radius 1 is 1.11 bits per heavy atom. The monoisotopic (exact) mass is 282 g/mol. The van der Waals surface area contributed by atoms with Gasteiger partial charge >= 0.3 is 0 Å². The molecule has 0 N–H and O–H groups in total. The fourth-order valence-electron chi connectivity index (χ4n) is 1.93. The average molecular weight is 283 g/mol. The van der Waals surface area contributed by atoms with Crippen molar-refractivity contribution in [2.45, 2.75) is 11.8 Å². The number of hydrogen-bond acceptors (Lipinski definition) is 1. The van der Waals surface area contributed by atoms with E-state index in [1.54, 1.807) is 24.3 Å². The molecule has 2 aromatic rings. The molecule has 0 aliphatic rings. The van der Waals surface area contributed by atoms with Crippen LogP contribution in [0.1, 0.15) is 16.5 Å². The van der Waals surface area contributed by atoms with Gasteiger partial charge in [-0.2, -0.15) is 0 Å². The normalized spacial score (nSPS) is 12.2. The Hall–Kier alpha value is -1.61. The third-order valence-corrected chi connectivity index (χ3v) is 3.25. The van der Waals surface area contributed by atoms with Gasteiger partial charge in [0.05, 0.1) is 12.5 Å². The average Bonchev–Trinajstić information content (AvgIpc) is 2.40. The van der Waals surface area contributed by atoms with Gasteiger partial charge in [-0.15, -0.1) is 11.6 Å². The van der Waals surface area contributed by atoms with Gasteiger partial charge in [0.1, 0.15) is 17.4 Å². The third kappa shape index (κ3) is 3.24. The van der Waals surface area contributed by atoms with Crippen LogP contribution in [0.15, 0.2) is 42.5 Å². The van der Waals surface area contributed by atoms with Gasteiger partial charge in [0.2, 0.25) is 0 Å². The summed E-state index contributed by atoms with van der Waals surface area (Å²) in [5, 5.41) is -0.568. The molecule has 2 aromatic carbocycles. The molecule has 0 saturated heterocycles. The predicted molar refractivity (Wildman–Crippen MR) is 71.7 cm³/mol. The molecule has 1 nitrogen and oxygen atoms in total. The zero-order valence-electron chi connectivity index (χ0n) is 10.4. The first-order chi connectivity index (χ1) is 9.11. The molecule has 0 aromatic heterocycles. The molecule has 0 fully saturated rings. The van der Waals surface area contributed by atoms with Crippen LogP contribution in [0.25, 0.3) is 0 Å². The zero-order valence-corrected chi connectivity index (χ0v) is 11.1. The minimum atomic E-state index is -0.568. The van der Waals surface area contributed by atoms with Crippen molar-refractivity contribution in [2.75, 3.05) is 7.11 Å². The summed E-state index contributed by atoms with van der Waals surface area (Å²) in [6.07, 6.45) is 0.402. The lowest BCUT2D eigenvalue weighted by molar-refractivity contribution is 0.403. The summed E-state index contributed by atoms with van der Waals surface area (Å²) in [4.78, 5) is 0.